The molecule has 0 aromatic heterocycles. The van der Waals surface area contributed by atoms with Crippen molar-refractivity contribution in [1.29, 1.82) is 0 Å². The maximum Gasteiger partial charge on any atom is 0.380 e. The van der Waals surface area contributed by atoms with E-state index in [1.54, 1.807) is 6.07 Å². The molecule has 3 aliphatic carbocycles. The zero-order chi connectivity index (χ0) is 20.8. The molecule has 0 radical (unpaired) electrons. The molecule has 0 aliphatic heterocycles. The molecule has 8 heteroatoms. The highest BCUT2D eigenvalue weighted by Gasteiger charge is 2.52. The molecule has 0 saturated heterocycles. The minimum Gasteiger partial charge on any atom is -0.493 e. The van der Waals surface area contributed by atoms with Crippen LogP contribution in [0, 0.1) is 17.3 Å². The number of hydrogen-bond donors (Lipinski definition) is 1. The summed E-state index contributed by atoms with van der Waals surface area (Å²) in [5.41, 5.74) is 3.31. The molecule has 0 heterocycles. The summed E-state index contributed by atoms with van der Waals surface area (Å²) in [6.07, 6.45) is 8.33. The highest BCUT2D eigenvalue weighted by molar-refractivity contribution is 7.84. The Morgan fingerprint density at radius 2 is 2.00 bits per heavy atom. The largest absolute Gasteiger partial charge is 0.493 e. The Morgan fingerprint density at radius 1 is 1.21 bits per heavy atom. The lowest BCUT2D eigenvalue weighted by molar-refractivity contribution is 0.0506. The number of methoxy groups -OCH3 is 1. The molecule has 29 heavy (non-hydrogen) atoms. The molecule has 1 aromatic carbocycles. The molecule has 3 aliphatic rings. The summed E-state index contributed by atoms with van der Waals surface area (Å²) in [5, 5.41) is 9.41. The molecule has 0 unspecified atom stereocenters. The predicted molar refractivity (Wildman–Crippen MR) is 110 cm³/mol. The van der Waals surface area contributed by atoms with Gasteiger partial charge in [0, 0.05) is 5.56 Å². The molecule has 4 rings (SSSR count). The second-order valence-corrected chi connectivity index (χ2v) is 9.77. The summed E-state index contributed by atoms with van der Waals surface area (Å²) < 4.78 is 33.4. The Bertz CT molecular complexity index is 929. The van der Waals surface area contributed by atoms with Crippen molar-refractivity contribution in [2.45, 2.75) is 57.8 Å². The molecule has 2 fully saturated rings. The third kappa shape index (κ3) is 3.50. The van der Waals surface area contributed by atoms with Gasteiger partial charge in [-0.15, -0.1) is 0 Å². The topological polar surface area (TPSA) is 100 Å². The van der Waals surface area contributed by atoms with Crippen LogP contribution in [-0.4, -0.2) is 28.3 Å². The Labute approximate surface area is 172 Å². The third-order valence-corrected chi connectivity index (χ3v) is 7.96. The van der Waals surface area contributed by atoms with Crippen LogP contribution >= 0.6 is 0 Å². The number of rotatable bonds is 5. The van der Waals surface area contributed by atoms with Crippen molar-refractivity contribution in [3.05, 3.63) is 23.3 Å². The Morgan fingerprint density at radius 3 is 2.66 bits per heavy atom. The molecule has 7 nitrogen and oxygen atoms in total. The fraction of sp³-hybridized carbons (Fsp3) is 0.667. The van der Waals surface area contributed by atoms with Gasteiger partial charge in [-0.3, -0.25) is 0 Å². The average molecular weight is 423 g/mol. The Balaban J connectivity index is 1.82. The molecule has 1 aromatic rings. The number of hydrogen-bond acceptors (Lipinski definition) is 6. The highest BCUT2D eigenvalue weighted by Crippen LogP contribution is 2.62. The van der Waals surface area contributed by atoms with Crippen LogP contribution in [0.5, 0.6) is 11.5 Å². The van der Waals surface area contributed by atoms with E-state index in [0.29, 0.717) is 28.9 Å². The second-order valence-electron chi connectivity index (χ2n) is 8.61. The molecular formula is C21H30N2O5S. The SMILES string of the molecule is CC[C@@]12CCC[C@H]1[C@@H]1C/C(=N\OC)c3cc(OS(N)(=O)=O)c(OC)cc3[C@H]1CC2. The summed E-state index contributed by atoms with van der Waals surface area (Å²) in [6, 6.07) is 3.59. The van der Waals surface area contributed by atoms with E-state index in [4.69, 9.17) is 18.9 Å². The van der Waals surface area contributed by atoms with Gasteiger partial charge >= 0.3 is 10.3 Å². The second kappa shape index (κ2) is 7.47. The number of benzene rings is 1. The van der Waals surface area contributed by atoms with Crippen molar-refractivity contribution in [1.82, 2.24) is 0 Å². The van der Waals surface area contributed by atoms with Gasteiger partial charge in [-0.05, 0) is 73.0 Å². The molecular weight excluding hydrogens is 392 g/mol. The van der Waals surface area contributed by atoms with Crippen molar-refractivity contribution in [3.63, 3.8) is 0 Å². The normalized spacial score (nSPS) is 32.3. The van der Waals surface area contributed by atoms with Gasteiger partial charge in [0.05, 0.1) is 12.8 Å². The zero-order valence-corrected chi connectivity index (χ0v) is 18.1. The quantitative estimate of drug-likeness (QED) is 0.729. The van der Waals surface area contributed by atoms with Crippen LogP contribution in [-0.2, 0) is 15.1 Å². The number of nitrogens with two attached hydrogens (primary N) is 1. The van der Waals surface area contributed by atoms with Crippen LogP contribution in [0.4, 0.5) is 0 Å². The fourth-order valence-corrected chi connectivity index (χ4v) is 6.76. The van der Waals surface area contributed by atoms with Crippen molar-refractivity contribution < 1.29 is 22.2 Å². The summed E-state index contributed by atoms with van der Waals surface area (Å²) in [4.78, 5) is 5.15. The first-order valence-corrected chi connectivity index (χ1v) is 11.8. The summed E-state index contributed by atoms with van der Waals surface area (Å²) in [7, 11) is -1.12. The lowest BCUT2D eigenvalue weighted by Crippen LogP contribution is -2.42. The number of fused-ring (bicyclic) bond motifs is 5. The highest BCUT2D eigenvalue weighted by atomic mass is 32.2. The van der Waals surface area contributed by atoms with Gasteiger partial charge < -0.3 is 13.8 Å². The van der Waals surface area contributed by atoms with Crippen LogP contribution in [0.15, 0.2) is 17.3 Å². The van der Waals surface area contributed by atoms with E-state index in [1.165, 1.54) is 46.3 Å². The van der Waals surface area contributed by atoms with E-state index in [9.17, 15) is 8.42 Å². The number of oxime groups is 1. The predicted octanol–water partition coefficient (Wildman–Crippen LogP) is 3.72. The van der Waals surface area contributed by atoms with E-state index in [-0.39, 0.29) is 5.75 Å². The fourth-order valence-electron chi connectivity index (χ4n) is 6.38. The number of nitrogens with zero attached hydrogens (tertiary/aromatic N) is 1. The van der Waals surface area contributed by atoms with E-state index in [1.807, 2.05) is 6.07 Å². The van der Waals surface area contributed by atoms with Gasteiger partial charge in [-0.2, -0.15) is 13.6 Å². The molecule has 4 atom stereocenters. The third-order valence-electron chi connectivity index (χ3n) is 7.55. The van der Waals surface area contributed by atoms with E-state index in [2.05, 4.69) is 12.1 Å². The first kappa shape index (κ1) is 20.5. The first-order valence-electron chi connectivity index (χ1n) is 10.4. The van der Waals surface area contributed by atoms with E-state index < -0.39 is 10.3 Å². The first-order chi connectivity index (χ1) is 13.8. The average Bonchev–Trinajstić information content (AvgIpc) is 3.11. The van der Waals surface area contributed by atoms with Crippen molar-refractivity contribution in [2.24, 2.45) is 27.5 Å². The lowest BCUT2D eigenvalue weighted by atomic mass is 9.54. The van der Waals surface area contributed by atoms with Crippen LogP contribution in [0.1, 0.15) is 68.9 Å². The summed E-state index contributed by atoms with van der Waals surface area (Å²) >= 11 is 0. The monoisotopic (exact) mass is 422 g/mol. The maximum atomic E-state index is 11.5. The molecule has 0 spiro atoms. The van der Waals surface area contributed by atoms with E-state index in [0.717, 1.165) is 29.7 Å². The van der Waals surface area contributed by atoms with Gasteiger partial charge in [-0.25, -0.2) is 0 Å². The standard InChI is InChI=1S/C21H30N2O5S/c1-4-21-8-5-6-17(21)15-10-18(23-27-3)16-12-20(28-29(22,24)25)19(26-2)11-14(16)13(15)7-9-21/h11-13,15,17H,4-10H2,1-3H3,(H2,22,24,25)/b23-18+/t13-,15-,17+,21+/m1/s1. The molecule has 160 valence electrons. The molecule has 2 saturated carbocycles. The van der Waals surface area contributed by atoms with Gasteiger partial charge in [0.25, 0.3) is 0 Å². The Kier molecular flexibility index (Phi) is 5.27. The van der Waals surface area contributed by atoms with Crippen LogP contribution < -0.4 is 14.1 Å². The summed E-state index contributed by atoms with van der Waals surface area (Å²) in [5.74, 6) is 2.06. The van der Waals surface area contributed by atoms with Gasteiger partial charge in [0.15, 0.2) is 11.5 Å². The van der Waals surface area contributed by atoms with Crippen LogP contribution in [0.25, 0.3) is 0 Å². The minimum atomic E-state index is -4.16. The van der Waals surface area contributed by atoms with Gasteiger partial charge in [-0.1, -0.05) is 24.9 Å². The van der Waals surface area contributed by atoms with Crippen LogP contribution in [0.2, 0.25) is 0 Å². The van der Waals surface area contributed by atoms with Crippen LogP contribution in [0.3, 0.4) is 0 Å². The molecule has 0 bridgehead atoms. The Hall–Kier alpha value is -1.80. The van der Waals surface area contributed by atoms with Gasteiger partial charge in [0.2, 0.25) is 0 Å². The van der Waals surface area contributed by atoms with Crippen molar-refractivity contribution >= 4 is 16.0 Å². The minimum absolute atomic E-state index is 0.0792. The van der Waals surface area contributed by atoms with E-state index >= 15 is 0 Å². The summed E-state index contributed by atoms with van der Waals surface area (Å²) in [6.45, 7) is 2.33. The number of ether oxygens (including phenoxy) is 1. The zero-order valence-electron chi connectivity index (χ0n) is 17.3. The maximum absolute atomic E-state index is 11.5. The lowest BCUT2D eigenvalue weighted by Gasteiger charge is -2.50. The van der Waals surface area contributed by atoms with Crippen molar-refractivity contribution in [2.75, 3.05) is 14.2 Å². The smallest absolute Gasteiger partial charge is 0.380 e. The van der Waals surface area contributed by atoms with Crippen molar-refractivity contribution in [3.8, 4) is 11.5 Å². The van der Waals surface area contributed by atoms with Gasteiger partial charge in [0.1, 0.15) is 7.11 Å². The molecule has 2 N–H and O–H groups in total. The molecule has 0 amide bonds.